The molecule has 22 heavy (non-hydrogen) atoms. The van der Waals surface area contributed by atoms with Crippen molar-refractivity contribution in [2.24, 2.45) is 4.99 Å². The van der Waals surface area contributed by atoms with Gasteiger partial charge in [0, 0.05) is 26.2 Å². The standard InChI is InChI=1S/C16H26N4O2/c1-21-14-6-2-3-7-15(14)22-13-12-17-8-4-9-18-16-19-10-5-11-20-16/h2-3,6-7,17H,4-5,8-13H2,1H3,(H2,18,19,20). The molecule has 0 fully saturated rings. The zero-order chi connectivity index (χ0) is 15.5. The molecule has 0 radical (unpaired) electrons. The fourth-order valence-electron chi connectivity index (χ4n) is 2.17. The van der Waals surface area contributed by atoms with E-state index in [0.717, 1.165) is 63.0 Å². The lowest BCUT2D eigenvalue weighted by molar-refractivity contribution is 0.292. The summed E-state index contributed by atoms with van der Waals surface area (Å²) in [6.07, 6.45) is 2.17. The highest BCUT2D eigenvalue weighted by Gasteiger charge is 2.02. The van der Waals surface area contributed by atoms with Gasteiger partial charge in [0.05, 0.1) is 7.11 Å². The summed E-state index contributed by atoms with van der Waals surface area (Å²) in [6.45, 7) is 5.26. The molecular weight excluding hydrogens is 280 g/mol. The van der Waals surface area contributed by atoms with Gasteiger partial charge < -0.3 is 25.4 Å². The van der Waals surface area contributed by atoms with Crippen LogP contribution in [0, 0.1) is 0 Å². The Labute approximate surface area is 132 Å². The van der Waals surface area contributed by atoms with Gasteiger partial charge >= 0.3 is 0 Å². The number of nitrogens with zero attached hydrogens (tertiary/aromatic N) is 1. The predicted octanol–water partition coefficient (Wildman–Crippen LogP) is 0.993. The summed E-state index contributed by atoms with van der Waals surface area (Å²) in [5, 5.41) is 9.92. The summed E-state index contributed by atoms with van der Waals surface area (Å²) in [7, 11) is 1.65. The highest BCUT2D eigenvalue weighted by atomic mass is 16.5. The third-order valence-corrected chi connectivity index (χ3v) is 3.33. The Bertz CT molecular complexity index is 465. The summed E-state index contributed by atoms with van der Waals surface area (Å²) < 4.78 is 10.9. The molecule has 3 N–H and O–H groups in total. The molecule has 6 nitrogen and oxygen atoms in total. The molecule has 0 spiro atoms. The first-order valence-corrected chi connectivity index (χ1v) is 7.89. The Hall–Kier alpha value is -1.95. The van der Waals surface area contributed by atoms with E-state index in [1.165, 1.54) is 0 Å². The number of rotatable bonds is 9. The van der Waals surface area contributed by atoms with Crippen LogP contribution in [0.1, 0.15) is 12.8 Å². The lowest BCUT2D eigenvalue weighted by atomic mass is 10.3. The number of ether oxygens (including phenoxy) is 2. The quantitative estimate of drug-likeness (QED) is 0.594. The molecule has 0 saturated heterocycles. The summed E-state index contributed by atoms with van der Waals surface area (Å²) in [6, 6.07) is 7.69. The van der Waals surface area contributed by atoms with Crippen LogP contribution in [0.15, 0.2) is 29.3 Å². The summed E-state index contributed by atoms with van der Waals surface area (Å²) in [5.74, 6) is 2.49. The van der Waals surface area contributed by atoms with E-state index in [0.29, 0.717) is 6.61 Å². The van der Waals surface area contributed by atoms with Crippen LogP contribution in [0.2, 0.25) is 0 Å². The zero-order valence-corrected chi connectivity index (χ0v) is 13.2. The highest BCUT2D eigenvalue weighted by molar-refractivity contribution is 5.80. The SMILES string of the molecule is COc1ccccc1OCCNCCCNC1=NCCCN1. The van der Waals surface area contributed by atoms with Crippen molar-refractivity contribution < 1.29 is 9.47 Å². The van der Waals surface area contributed by atoms with Crippen molar-refractivity contribution >= 4 is 5.96 Å². The van der Waals surface area contributed by atoms with E-state index in [9.17, 15) is 0 Å². The first-order valence-electron chi connectivity index (χ1n) is 7.89. The van der Waals surface area contributed by atoms with Crippen LogP contribution in [0.5, 0.6) is 11.5 Å². The first-order chi connectivity index (χ1) is 10.9. The van der Waals surface area contributed by atoms with Gasteiger partial charge in [0.25, 0.3) is 0 Å². The number of benzene rings is 1. The van der Waals surface area contributed by atoms with Crippen molar-refractivity contribution in [1.82, 2.24) is 16.0 Å². The molecule has 0 unspecified atom stereocenters. The Balaban J connectivity index is 1.48. The molecule has 1 aliphatic heterocycles. The zero-order valence-electron chi connectivity index (χ0n) is 13.2. The molecule has 0 aromatic heterocycles. The fourth-order valence-corrected chi connectivity index (χ4v) is 2.17. The molecule has 0 bridgehead atoms. The van der Waals surface area contributed by atoms with Crippen molar-refractivity contribution in [3.63, 3.8) is 0 Å². The van der Waals surface area contributed by atoms with Gasteiger partial charge in [0.2, 0.25) is 0 Å². The van der Waals surface area contributed by atoms with Crippen LogP contribution in [-0.4, -0.2) is 52.4 Å². The number of methoxy groups -OCH3 is 1. The monoisotopic (exact) mass is 306 g/mol. The number of nitrogens with one attached hydrogen (secondary N) is 3. The third kappa shape index (κ3) is 5.81. The van der Waals surface area contributed by atoms with Crippen LogP contribution < -0.4 is 25.4 Å². The number of guanidine groups is 1. The van der Waals surface area contributed by atoms with E-state index >= 15 is 0 Å². The van der Waals surface area contributed by atoms with Gasteiger partial charge in [-0.3, -0.25) is 4.99 Å². The number of hydrogen-bond donors (Lipinski definition) is 3. The van der Waals surface area contributed by atoms with Crippen molar-refractivity contribution in [3.8, 4) is 11.5 Å². The Morgan fingerprint density at radius 3 is 2.82 bits per heavy atom. The Morgan fingerprint density at radius 1 is 1.18 bits per heavy atom. The number of aliphatic imine (C=N–C) groups is 1. The van der Waals surface area contributed by atoms with Crippen molar-refractivity contribution in [2.45, 2.75) is 12.8 Å². The van der Waals surface area contributed by atoms with Gasteiger partial charge in [-0.1, -0.05) is 12.1 Å². The molecule has 0 aliphatic carbocycles. The van der Waals surface area contributed by atoms with E-state index in [-0.39, 0.29) is 0 Å². The smallest absolute Gasteiger partial charge is 0.191 e. The second kappa shape index (κ2) is 9.89. The second-order valence-corrected chi connectivity index (χ2v) is 5.04. The fraction of sp³-hybridized carbons (Fsp3) is 0.562. The van der Waals surface area contributed by atoms with Gasteiger partial charge in [-0.15, -0.1) is 0 Å². The second-order valence-electron chi connectivity index (χ2n) is 5.04. The van der Waals surface area contributed by atoms with Crippen molar-refractivity contribution in [2.75, 3.05) is 46.4 Å². The Kier molecular flexibility index (Phi) is 7.38. The molecular formula is C16H26N4O2. The van der Waals surface area contributed by atoms with Crippen molar-refractivity contribution in [3.05, 3.63) is 24.3 Å². The average molecular weight is 306 g/mol. The summed E-state index contributed by atoms with van der Waals surface area (Å²) in [4.78, 5) is 4.37. The maximum absolute atomic E-state index is 5.70. The highest BCUT2D eigenvalue weighted by Crippen LogP contribution is 2.25. The van der Waals surface area contributed by atoms with E-state index < -0.39 is 0 Å². The molecule has 1 aromatic carbocycles. The minimum atomic E-state index is 0.627. The summed E-state index contributed by atoms with van der Waals surface area (Å²) in [5.41, 5.74) is 0. The lowest BCUT2D eigenvalue weighted by Gasteiger charge is -2.16. The van der Waals surface area contributed by atoms with Crippen LogP contribution in [-0.2, 0) is 0 Å². The molecule has 1 aromatic rings. The van der Waals surface area contributed by atoms with Gasteiger partial charge in [-0.05, 0) is 31.5 Å². The van der Waals surface area contributed by atoms with Crippen LogP contribution in [0.3, 0.4) is 0 Å². The number of hydrogen-bond acceptors (Lipinski definition) is 6. The topological polar surface area (TPSA) is 66.9 Å². The average Bonchev–Trinajstić information content (AvgIpc) is 2.58. The molecule has 6 heteroatoms. The molecule has 2 rings (SSSR count). The van der Waals surface area contributed by atoms with Crippen LogP contribution in [0.4, 0.5) is 0 Å². The maximum atomic E-state index is 5.70. The van der Waals surface area contributed by atoms with Gasteiger partial charge in [-0.2, -0.15) is 0 Å². The molecule has 1 heterocycles. The Morgan fingerprint density at radius 2 is 2.05 bits per heavy atom. The van der Waals surface area contributed by atoms with Crippen LogP contribution >= 0.6 is 0 Å². The van der Waals surface area contributed by atoms with Crippen LogP contribution in [0.25, 0.3) is 0 Å². The van der Waals surface area contributed by atoms with Gasteiger partial charge in [0.1, 0.15) is 6.61 Å². The summed E-state index contributed by atoms with van der Waals surface area (Å²) >= 11 is 0. The number of para-hydroxylation sites is 2. The first kappa shape index (κ1) is 16.4. The largest absolute Gasteiger partial charge is 0.493 e. The van der Waals surface area contributed by atoms with E-state index in [1.807, 2.05) is 24.3 Å². The minimum absolute atomic E-state index is 0.627. The molecule has 1 aliphatic rings. The molecule has 122 valence electrons. The molecule has 0 atom stereocenters. The maximum Gasteiger partial charge on any atom is 0.191 e. The van der Waals surface area contributed by atoms with E-state index in [4.69, 9.17) is 9.47 Å². The molecule has 0 saturated carbocycles. The third-order valence-electron chi connectivity index (χ3n) is 3.33. The molecule has 0 amide bonds. The van der Waals surface area contributed by atoms with E-state index in [1.54, 1.807) is 7.11 Å². The normalized spacial score (nSPS) is 14.0. The van der Waals surface area contributed by atoms with Gasteiger partial charge in [-0.25, -0.2) is 0 Å². The van der Waals surface area contributed by atoms with Gasteiger partial charge in [0.15, 0.2) is 17.5 Å². The predicted molar refractivity (Wildman–Crippen MR) is 88.9 cm³/mol. The van der Waals surface area contributed by atoms with Crippen molar-refractivity contribution in [1.29, 1.82) is 0 Å². The van der Waals surface area contributed by atoms with E-state index in [2.05, 4.69) is 20.9 Å². The lowest BCUT2D eigenvalue weighted by Crippen LogP contribution is -2.41. The minimum Gasteiger partial charge on any atom is -0.493 e.